The number of nitrogens with one attached hydrogen (secondary N) is 1. The van der Waals surface area contributed by atoms with Gasteiger partial charge in [0.2, 0.25) is 0 Å². The molecule has 1 aromatic rings. The van der Waals surface area contributed by atoms with Crippen LogP contribution in [0.25, 0.3) is 6.08 Å². The number of allylic oxidation sites excluding steroid dienone is 1. The summed E-state index contributed by atoms with van der Waals surface area (Å²) in [6.07, 6.45) is 4.43. The topological polar surface area (TPSA) is 67.5 Å². The van der Waals surface area contributed by atoms with E-state index in [1.807, 2.05) is 43.3 Å². The quantitative estimate of drug-likeness (QED) is 0.588. The maximum Gasteiger partial charge on any atom is 0.332 e. The van der Waals surface area contributed by atoms with Crippen LogP contribution in [0.5, 0.6) is 0 Å². The first-order chi connectivity index (χ1) is 7.72. The number of benzene rings is 1. The van der Waals surface area contributed by atoms with Gasteiger partial charge in [0.1, 0.15) is 0 Å². The third kappa shape index (κ3) is 4.41. The molecule has 0 radical (unpaired) electrons. The summed E-state index contributed by atoms with van der Waals surface area (Å²) >= 11 is 0. The normalized spacial score (nSPS) is 11.7. The molecule has 0 aliphatic heterocycles. The van der Waals surface area contributed by atoms with E-state index in [4.69, 9.17) is 5.73 Å². The van der Waals surface area contributed by atoms with Gasteiger partial charge in [0, 0.05) is 0 Å². The van der Waals surface area contributed by atoms with E-state index < -0.39 is 6.03 Å². The molecule has 4 heteroatoms. The summed E-state index contributed by atoms with van der Waals surface area (Å²) in [6.45, 7) is 2.02. The number of carbonyl (C=O) groups is 1. The van der Waals surface area contributed by atoms with Crippen molar-refractivity contribution in [2.45, 2.75) is 13.3 Å². The minimum Gasteiger partial charge on any atom is -0.350 e. The van der Waals surface area contributed by atoms with Crippen molar-refractivity contribution in [3.05, 3.63) is 41.5 Å². The molecule has 16 heavy (non-hydrogen) atoms. The summed E-state index contributed by atoms with van der Waals surface area (Å²) in [5, 5.41) is 3.72. The first-order valence-corrected chi connectivity index (χ1v) is 5.06. The van der Waals surface area contributed by atoms with Crippen LogP contribution in [0.3, 0.4) is 0 Å². The lowest BCUT2D eigenvalue weighted by Gasteiger charge is -1.98. The van der Waals surface area contributed by atoms with E-state index in [1.54, 1.807) is 6.21 Å². The Kier molecular flexibility index (Phi) is 4.79. The van der Waals surface area contributed by atoms with Crippen LogP contribution in [0.2, 0.25) is 0 Å². The van der Waals surface area contributed by atoms with E-state index in [0.29, 0.717) is 0 Å². The Morgan fingerprint density at radius 1 is 1.44 bits per heavy atom. The van der Waals surface area contributed by atoms with E-state index in [1.165, 1.54) is 0 Å². The Balaban J connectivity index is 2.71. The van der Waals surface area contributed by atoms with E-state index in [-0.39, 0.29) is 0 Å². The van der Waals surface area contributed by atoms with Gasteiger partial charge in [-0.3, -0.25) is 0 Å². The Hall–Kier alpha value is -2.10. The highest BCUT2D eigenvalue weighted by Crippen LogP contribution is 2.07. The van der Waals surface area contributed by atoms with Crippen molar-refractivity contribution < 1.29 is 4.79 Å². The molecule has 1 aromatic carbocycles. The Morgan fingerprint density at radius 3 is 2.69 bits per heavy atom. The lowest BCUT2D eigenvalue weighted by molar-refractivity contribution is 0.249. The number of nitrogens with zero attached hydrogens (tertiary/aromatic N) is 1. The zero-order valence-electron chi connectivity index (χ0n) is 9.18. The minimum absolute atomic E-state index is 0.661. The Morgan fingerprint density at radius 2 is 2.12 bits per heavy atom. The molecule has 4 nitrogen and oxygen atoms in total. The van der Waals surface area contributed by atoms with Crippen LogP contribution in [0, 0.1) is 0 Å². The minimum atomic E-state index is -0.661. The Bertz CT molecular complexity index is 396. The van der Waals surface area contributed by atoms with Gasteiger partial charge < -0.3 is 5.73 Å². The van der Waals surface area contributed by atoms with Gasteiger partial charge in [0.05, 0.1) is 6.21 Å². The first kappa shape index (κ1) is 12.0. The van der Waals surface area contributed by atoms with Gasteiger partial charge in [-0.25, -0.2) is 10.2 Å². The largest absolute Gasteiger partial charge is 0.350 e. The summed E-state index contributed by atoms with van der Waals surface area (Å²) in [5.74, 6) is 0. The fourth-order valence-corrected chi connectivity index (χ4v) is 1.17. The zero-order chi connectivity index (χ0) is 11.8. The number of amides is 2. The second-order valence-electron chi connectivity index (χ2n) is 3.22. The molecular formula is C12H15N3O. The number of carbonyl (C=O) groups excluding carboxylic acids is 1. The molecule has 84 valence electrons. The summed E-state index contributed by atoms with van der Waals surface area (Å²) in [5.41, 5.74) is 9.17. The van der Waals surface area contributed by atoms with Crippen molar-refractivity contribution in [3.8, 4) is 0 Å². The zero-order valence-corrected chi connectivity index (χ0v) is 9.18. The van der Waals surface area contributed by atoms with Crippen molar-refractivity contribution in [3.63, 3.8) is 0 Å². The highest BCUT2D eigenvalue weighted by atomic mass is 16.2. The molecular weight excluding hydrogens is 202 g/mol. The number of urea groups is 1. The van der Waals surface area contributed by atoms with Crippen molar-refractivity contribution in [2.24, 2.45) is 10.8 Å². The van der Waals surface area contributed by atoms with Crippen LogP contribution >= 0.6 is 0 Å². The van der Waals surface area contributed by atoms with Gasteiger partial charge in [-0.1, -0.05) is 43.3 Å². The third-order valence-electron chi connectivity index (χ3n) is 1.96. The second-order valence-corrected chi connectivity index (χ2v) is 3.22. The lowest BCUT2D eigenvalue weighted by atomic mass is 10.1. The van der Waals surface area contributed by atoms with Crippen LogP contribution in [-0.4, -0.2) is 12.2 Å². The fourth-order valence-electron chi connectivity index (χ4n) is 1.17. The average molecular weight is 217 g/mol. The summed E-state index contributed by atoms with van der Waals surface area (Å²) in [7, 11) is 0. The van der Waals surface area contributed by atoms with Gasteiger partial charge >= 0.3 is 6.03 Å². The van der Waals surface area contributed by atoms with Gasteiger partial charge in [-0.15, -0.1) is 0 Å². The summed E-state index contributed by atoms with van der Waals surface area (Å²) in [4.78, 5) is 10.4. The maximum atomic E-state index is 10.4. The van der Waals surface area contributed by atoms with Crippen molar-refractivity contribution in [2.75, 3.05) is 0 Å². The number of primary amides is 1. The van der Waals surface area contributed by atoms with Gasteiger partial charge in [-0.2, -0.15) is 5.10 Å². The molecule has 0 aromatic heterocycles. The highest BCUT2D eigenvalue weighted by molar-refractivity contribution is 5.86. The molecule has 2 amide bonds. The van der Waals surface area contributed by atoms with Crippen molar-refractivity contribution in [1.29, 1.82) is 0 Å². The number of hydrogen-bond donors (Lipinski definition) is 2. The van der Waals surface area contributed by atoms with Crippen LogP contribution in [-0.2, 0) is 0 Å². The molecule has 0 heterocycles. The monoisotopic (exact) mass is 217 g/mol. The second kappa shape index (κ2) is 6.40. The first-order valence-electron chi connectivity index (χ1n) is 5.06. The average Bonchev–Trinajstić information content (AvgIpc) is 2.28. The molecule has 0 unspecified atom stereocenters. The van der Waals surface area contributed by atoms with Crippen LogP contribution in [0.1, 0.15) is 18.9 Å². The van der Waals surface area contributed by atoms with Crippen LogP contribution < -0.4 is 11.2 Å². The lowest BCUT2D eigenvalue weighted by Crippen LogP contribution is -2.24. The molecule has 0 saturated heterocycles. The predicted molar refractivity (Wildman–Crippen MR) is 65.9 cm³/mol. The standard InChI is InChI=1S/C12H15N3O/c1-2-10(9-14-15-12(13)16)8-11-6-4-3-5-7-11/h3-9H,2H2,1H3,(H3,13,15,16)/b10-8+,14-9+. The van der Waals surface area contributed by atoms with Gasteiger partial charge in [0.25, 0.3) is 0 Å². The van der Waals surface area contributed by atoms with Gasteiger partial charge in [0.15, 0.2) is 0 Å². The smallest absolute Gasteiger partial charge is 0.332 e. The van der Waals surface area contributed by atoms with Crippen LogP contribution in [0.15, 0.2) is 41.0 Å². The number of hydrogen-bond acceptors (Lipinski definition) is 2. The molecule has 0 aliphatic rings. The predicted octanol–water partition coefficient (Wildman–Crippen LogP) is 2.13. The molecule has 0 bridgehead atoms. The van der Waals surface area contributed by atoms with E-state index in [0.717, 1.165) is 17.6 Å². The molecule has 0 spiro atoms. The summed E-state index contributed by atoms with van der Waals surface area (Å²) < 4.78 is 0. The highest BCUT2D eigenvalue weighted by Gasteiger charge is 1.92. The third-order valence-corrected chi connectivity index (χ3v) is 1.96. The molecule has 0 fully saturated rings. The van der Waals surface area contributed by atoms with E-state index in [9.17, 15) is 4.79 Å². The van der Waals surface area contributed by atoms with E-state index in [2.05, 4.69) is 10.5 Å². The molecule has 0 atom stereocenters. The van der Waals surface area contributed by atoms with Crippen molar-refractivity contribution in [1.82, 2.24) is 5.43 Å². The number of hydrazone groups is 1. The number of nitrogens with two attached hydrogens (primary N) is 1. The fraction of sp³-hybridized carbons (Fsp3) is 0.167. The van der Waals surface area contributed by atoms with Crippen LogP contribution in [0.4, 0.5) is 4.79 Å². The Labute approximate surface area is 94.8 Å². The molecule has 0 saturated carbocycles. The number of rotatable bonds is 4. The SMILES string of the molecule is CCC(/C=N/NC(N)=O)=C\c1ccccc1. The summed E-state index contributed by atoms with van der Waals surface area (Å²) in [6, 6.07) is 9.25. The molecule has 0 aliphatic carbocycles. The van der Waals surface area contributed by atoms with Gasteiger partial charge in [-0.05, 0) is 17.6 Å². The molecule has 3 N–H and O–H groups in total. The van der Waals surface area contributed by atoms with Crippen molar-refractivity contribution >= 4 is 18.3 Å². The molecule has 1 rings (SSSR count). The van der Waals surface area contributed by atoms with E-state index >= 15 is 0 Å². The maximum absolute atomic E-state index is 10.4.